The van der Waals surface area contributed by atoms with Crippen LogP contribution in [0.4, 0.5) is 10.9 Å². The van der Waals surface area contributed by atoms with Crippen molar-refractivity contribution in [1.82, 2.24) is 15.2 Å². The van der Waals surface area contributed by atoms with Crippen LogP contribution in [-0.2, 0) is 4.74 Å². The molecule has 0 radical (unpaired) electrons. The first kappa shape index (κ1) is 15.8. The molecule has 0 aromatic carbocycles. The van der Waals surface area contributed by atoms with Crippen LogP contribution >= 0.6 is 11.3 Å². The molecule has 1 fully saturated rings. The summed E-state index contributed by atoms with van der Waals surface area (Å²) in [5.74, 6) is 0.633. The van der Waals surface area contributed by atoms with Crippen LogP contribution in [0.2, 0.25) is 0 Å². The molecule has 2 unspecified atom stereocenters. The van der Waals surface area contributed by atoms with Gasteiger partial charge in [0.1, 0.15) is 11.3 Å². The molecule has 7 nitrogen and oxygen atoms in total. The number of morpholine rings is 1. The average Bonchev–Trinajstić information content (AvgIpc) is 3.07. The third-order valence-corrected chi connectivity index (χ3v) is 4.30. The minimum atomic E-state index is -0.234. The Balaban J connectivity index is 1.68. The van der Waals surface area contributed by atoms with E-state index in [0.717, 1.165) is 25.3 Å². The van der Waals surface area contributed by atoms with E-state index in [2.05, 4.69) is 39.2 Å². The molecule has 0 spiro atoms. The predicted octanol–water partition coefficient (Wildman–Crippen LogP) is 2.19. The number of hydrogen-bond acceptors (Lipinski definition) is 7. The van der Waals surface area contributed by atoms with E-state index in [0.29, 0.717) is 10.7 Å². The quantitative estimate of drug-likeness (QED) is 0.924. The fourth-order valence-corrected chi connectivity index (χ4v) is 3.00. The van der Waals surface area contributed by atoms with Gasteiger partial charge < -0.3 is 9.64 Å². The van der Waals surface area contributed by atoms with E-state index in [1.165, 1.54) is 11.3 Å². The molecule has 1 saturated heterocycles. The molecule has 23 heavy (non-hydrogen) atoms. The van der Waals surface area contributed by atoms with Crippen molar-refractivity contribution in [2.45, 2.75) is 32.5 Å². The summed E-state index contributed by atoms with van der Waals surface area (Å²) in [4.78, 5) is 18.7. The number of carbonyl (C=O) groups is 1. The molecule has 1 aliphatic rings. The highest BCUT2D eigenvalue weighted by molar-refractivity contribution is 7.13. The number of rotatable bonds is 4. The molecule has 0 bridgehead atoms. The van der Waals surface area contributed by atoms with Crippen molar-refractivity contribution in [3.8, 4) is 0 Å². The van der Waals surface area contributed by atoms with E-state index < -0.39 is 0 Å². The molecule has 122 valence electrons. The Labute approximate surface area is 138 Å². The van der Waals surface area contributed by atoms with E-state index in [4.69, 9.17) is 4.74 Å². The van der Waals surface area contributed by atoms with Crippen molar-refractivity contribution in [3.63, 3.8) is 0 Å². The maximum atomic E-state index is 12.1. The first-order valence-corrected chi connectivity index (χ1v) is 8.47. The summed E-state index contributed by atoms with van der Waals surface area (Å²) >= 11 is 1.28. The zero-order chi connectivity index (χ0) is 16.2. The minimum Gasteiger partial charge on any atom is -0.372 e. The monoisotopic (exact) mass is 333 g/mol. The zero-order valence-corrected chi connectivity index (χ0v) is 13.9. The molecule has 0 aliphatic carbocycles. The number of ether oxygens (including phenoxy) is 1. The number of pyridine rings is 1. The lowest BCUT2D eigenvalue weighted by Crippen LogP contribution is -2.46. The molecule has 1 aliphatic heterocycles. The Hall–Kier alpha value is -2.06. The summed E-state index contributed by atoms with van der Waals surface area (Å²) in [6, 6.07) is 3.65. The minimum absolute atomic E-state index is 0.177. The van der Waals surface area contributed by atoms with Gasteiger partial charge in [-0.05, 0) is 25.5 Å². The lowest BCUT2D eigenvalue weighted by atomic mass is 10.1. The van der Waals surface area contributed by atoms with Crippen molar-refractivity contribution in [2.24, 2.45) is 0 Å². The molecule has 3 heterocycles. The highest BCUT2D eigenvalue weighted by atomic mass is 32.1. The maximum Gasteiger partial charge on any atom is 0.259 e. The third kappa shape index (κ3) is 3.83. The van der Waals surface area contributed by atoms with Gasteiger partial charge in [-0.1, -0.05) is 18.3 Å². The van der Waals surface area contributed by atoms with Crippen molar-refractivity contribution < 1.29 is 9.53 Å². The maximum absolute atomic E-state index is 12.1. The first-order chi connectivity index (χ1) is 11.2. The van der Waals surface area contributed by atoms with Crippen molar-refractivity contribution >= 4 is 28.2 Å². The van der Waals surface area contributed by atoms with Crippen LogP contribution in [0, 0.1) is 0 Å². The van der Waals surface area contributed by atoms with Gasteiger partial charge in [0.15, 0.2) is 0 Å². The van der Waals surface area contributed by atoms with Crippen LogP contribution in [0.5, 0.6) is 0 Å². The summed E-state index contributed by atoms with van der Waals surface area (Å²) in [5.41, 5.74) is 2.07. The van der Waals surface area contributed by atoms with E-state index in [9.17, 15) is 4.79 Å². The smallest absolute Gasteiger partial charge is 0.259 e. The molecule has 3 rings (SSSR count). The topological polar surface area (TPSA) is 80.2 Å². The number of nitrogens with one attached hydrogen (secondary N) is 1. The van der Waals surface area contributed by atoms with Gasteiger partial charge in [-0.3, -0.25) is 10.1 Å². The van der Waals surface area contributed by atoms with Gasteiger partial charge in [-0.2, -0.15) is 0 Å². The molecule has 1 amide bonds. The number of anilines is 2. The van der Waals surface area contributed by atoms with Gasteiger partial charge >= 0.3 is 0 Å². The average molecular weight is 333 g/mol. The van der Waals surface area contributed by atoms with E-state index in [1.807, 2.05) is 6.07 Å². The highest BCUT2D eigenvalue weighted by Crippen LogP contribution is 2.20. The van der Waals surface area contributed by atoms with E-state index in [-0.39, 0.29) is 18.1 Å². The lowest BCUT2D eigenvalue weighted by Gasteiger charge is -2.37. The van der Waals surface area contributed by atoms with Crippen LogP contribution < -0.4 is 10.2 Å². The molecular weight excluding hydrogens is 314 g/mol. The summed E-state index contributed by atoms with van der Waals surface area (Å²) in [7, 11) is 0. The first-order valence-electron chi connectivity index (χ1n) is 7.59. The Bertz CT molecular complexity index is 646. The number of carbonyl (C=O) groups excluding carboxylic acids is 1. The second-order valence-electron chi connectivity index (χ2n) is 5.49. The SMILES string of the molecule is CCC1CN(c2ccc(C(=O)Nc3nncs3)cn2)CC(C)O1. The molecule has 2 aromatic heterocycles. The number of nitrogens with zero attached hydrogens (tertiary/aromatic N) is 4. The lowest BCUT2D eigenvalue weighted by molar-refractivity contribution is -0.0174. The van der Waals surface area contributed by atoms with Gasteiger partial charge in [-0.25, -0.2) is 4.98 Å². The Morgan fingerprint density at radius 3 is 3.00 bits per heavy atom. The van der Waals surface area contributed by atoms with E-state index in [1.54, 1.807) is 17.8 Å². The van der Waals surface area contributed by atoms with Crippen LogP contribution in [0.15, 0.2) is 23.8 Å². The number of amides is 1. The van der Waals surface area contributed by atoms with Gasteiger partial charge in [0.2, 0.25) is 5.13 Å². The van der Waals surface area contributed by atoms with Crippen LogP contribution in [0.25, 0.3) is 0 Å². The molecular formula is C15H19N5O2S. The second kappa shape index (κ2) is 7.01. The summed E-state index contributed by atoms with van der Waals surface area (Å²) < 4.78 is 5.86. The van der Waals surface area contributed by atoms with Crippen LogP contribution in [-0.4, -0.2) is 46.4 Å². The standard InChI is InChI=1S/C15H19N5O2S/c1-3-12-8-20(7-10(2)22-12)13-5-4-11(6-16-13)14(21)18-15-19-17-9-23-15/h4-6,9-10,12H,3,7-8H2,1-2H3,(H,18,19,21). The fourth-order valence-electron chi connectivity index (χ4n) is 2.56. The van der Waals surface area contributed by atoms with Gasteiger partial charge in [0, 0.05) is 19.3 Å². The van der Waals surface area contributed by atoms with Gasteiger partial charge in [0.05, 0.1) is 17.8 Å². The summed E-state index contributed by atoms with van der Waals surface area (Å²) in [6.45, 7) is 5.82. The van der Waals surface area contributed by atoms with Crippen molar-refractivity contribution in [3.05, 3.63) is 29.4 Å². The Morgan fingerprint density at radius 2 is 2.35 bits per heavy atom. The van der Waals surface area contributed by atoms with Crippen molar-refractivity contribution in [2.75, 3.05) is 23.3 Å². The summed E-state index contributed by atoms with van der Waals surface area (Å²) in [5, 5.41) is 10.7. The molecule has 1 N–H and O–H groups in total. The second-order valence-corrected chi connectivity index (χ2v) is 6.32. The molecule has 0 saturated carbocycles. The Kier molecular flexibility index (Phi) is 4.82. The predicted molar refractivity (Wildman–Crippen MR) is 88.9 cm³/mol. The molecule has 2 aromatic rings. The zero-order valence-electron chi connectivity index (χ0n) is 13.1. The van der Waals surface area contributed by atoms with Crippen LogP contribution in [0.3, 0.4) is 0 Å². The normalized spacial score (nSPS) is 21.2. The molecule has 8 heteroatoms. The van der Waals surface area contributed by atoms with Gasteiger partial charge in [0.25, 0.3) is 5.91 Å². The Morgan fingerprint density at radius 1 is 1.48 bits per heavy atom. The van der Waals surface area contributed by atoms with Crippen LogP contribution in [0.1, 0.15) is 30.6 Å². The van der Waals surface area contributed by atoms with Crippen molar-refractivity contribution in [1.29, 1.82) is 0 Å². The number of hydrogen-bond donors (Lipinski definition) is 1. The third-order valence-electron chi connectivity index (χ3n) is 3.70. The van der Waals surface area contributed by atoms with E-state index >= 15 is 0 Å². The summed E-state index contributed by atoms with van der Waals surface area (Å²) in [6.07, 6.45) is 2.97. The number of aromatic nitrogens is 3. The van der Waals surface area contributed by atoms with Gasteiger partial charge in [-0.15, -0.1) is 10.2 Å². The molecule has 2 atom stereocenters. The largest absolute Gasteiger partial charge is 0.372 e. The fraction of sp³-hybridized carbons (Fsp3) is 0.467. The highest BCUT2D eigenvalue weighted by Gasteiger charge is 2.25.